The van der Waals surface area contributed by atoms with Crippen molar-refractivity contribution < 1.29 is 23.5 Å². The largest absolute Gasteiger partial charge is 0.496 e. The summed E-state index contributed by atoms with van der Waals surface area (Å²) in [6.45, 7) is 0. The molecule has 0 bridgehead atoms. The normalized spacial score (nSPS) is 10.0. The van der Waals surface area contributed by atoms with Gasteiger partial charge in [-0.2, -0.15) is 0 Å². The third-order valence-electron chi connectivity index (χ3n) is 2.68. The van der Waals surface area contributed by atoms with E-state index in [0.717, 1.165) is 12.1 Å². The first-order chi connectivity index (χ1) is 10.0. The molecular formula is C14H12FNO5. The maximum atomic E-state index is 13.8. The highest BCUT2D eigenvalue weighted by Crippen LogP contribution is 2.32. The minimum Gasteiger partial charge on any atom is -0.496 e. The SMILES string of the molecule is COc1cc(OC)cc(Oc2ccc([N+](=O)[O-])cc2F)c1. The third-order valence-corrected chi connectivity index (χ3v) is 2.68. The number of non-ortho nitro benzene ring substituents is 1. The van der Waals surface area contributed by atoms with Crippen LogP contribution in [-0.2, 0) is 0 Å². The Morgan fingerprint density at radius 3 is 2.05 bits per heavy atom. The molecule has 0 radical (unpaired) electrons. The molecule has 0 spiro atoms. The van der Waals surface area contributed by atoms with Crippen molar-refractivity contribution >= 4 is 5.69 Å². The number of benzene rings is 2. The summed E-state index contributed by atoms with van der Waals surface area (Å²) in [5, 5.41) is 10.6. The number of hydrogen-bond acceptors (Lipinski definition) is 5. The van der Waals surface area contributed by atoms with E-state index in [4.69, 9.17) is 14.2 Å². The van der Waals surface area contributed by atoms with Crippen LogP contribution < -0.4 is 14.2 Å². The topological polar surface area (TPSA) is 70.8 Å². The van der Waals surface area contributed by atoms with E-state index in [1.54, 1.807) is 18.2 Å². The number of nitro groups is 1. The zero-order valence-electron chi connectivity index (χ0n) is 11.3. The fourth-order valence-electron chi connectivity index (χ4n) is 1.65. The molecule has 2 rings (SSSR count). The van der Waals surface area contributed by atoms with Crippen LogP contribution in [0.5, 0.6) is 23.0 Å². The fraction of sp³-hybridized carbons (Fsp3) is 0.143. The van der Waals surface area contributed by atoms with Gasteiger partial charge in [0.15, 0.2) is 11.6 Å². The molecule has 0 aliphatic heterocycles. The van der Waals surface area contributed by atoms with Crippen LogP contribution in [0.1, 0.15) is 0 Å². The van der Waals surface area contributed by atoms with Crippen LogP contribution in [0.3, 0.4) is 0 Å². The average Bonchev–Trinajstić information content (AvgIpc) is 2.48. The maximum absolute atomic E-state index is 13.8. The van der Waals surface area contributed by atoms with Crippen LogP contribution in [0.4, 0.5) is 10.1 Å². The van der Waals surface area contributed by atoms with Gasteiger partial charge in [-0.1, -0.05) is 0 Å². The van der Waals surface area contributed by atoms with E-state index in [9.17, 15) is 14.5 Å². The molecular weight excluding hydrogens is 281 g/mol. The summed E-state index contributed by atoms with van der Waals surface area (Å²) >= 11 is 0. The molecule has 0 aliphatic carbocycles. The van der Waals surface area contributed by atoms with Crippen molar-refractivity contribution in [3.8, 4) is 23.0 Å². The van der Waals surface area contributed by atoms with E-state index in [0.29, 0.717) is 17.2 Å². The van der Waals surface area contributed by atoms with Crippen molar-refractivity contribution in [1.82, 2.24) is 0 Å². The first-order valence-corrected chi connectivity index (χ1v) is 5.88. The molecule has 0 N–H and O–H groups in total. The molecule has 0 aromatic heterocycles. The summed E-state index contributed by atoms with van der Waals surface area (Å²) < 4.78 is 29.3. The number of nitrogens with zero attached hydrogens (tertiary/aromatic N) is 1. The van der Waals surface area contributed by atoms with Crippen molar-refractivity contribution in [2.24, 2.45) is 0 Å². The molecule has 7 heteroatoms. The molecule has 0 heterocycles. The van der Waals surface area contributed by atoms with Crippen LogP contribution in [0.15, 0.2) is 36.4 Å². The zero-order chi connectivity index (χ0) is 15.4. The lowest BCUT2D eigenvalue weighted by Crippen LogP contribution is -1.94. The van der Waals surface area contributed by atoms with Crippen molar-refractivity contribution in [2.75, 3.05) is 14.2 Å². The van der Waals surface area contributed by atoms with Crippen molar-refractivity contribution in [3.63, 3.8) is 0 Å². The standard InChI is InChI=1S/C14H12FNO5/c1-19-10-6-11(20-2)8-12(7-10)21-14-4-3-9(16(17)18)5-13(14)15/h3-8H,1-2H3. The number of ether oxygens (including phenoxy) is 3. The van der Waals surface area contributed by atoms with Gasteiger partial charge < -0.3 is 14.2 Å². The predicted octanol–water partition coefficient (Wildman–Crippen LogP) is 3.54. The molecule has 0 saturated carbocycles. The van der Waals surface area contributed by atoms with Crippen LogP contribution in [0.2, 0.25) is 0 Å². The van der Waals surface area contributed by atoms with Crippen molar-refractivity contribution in [2.45, 2.75) is 0 Å². The first-order valence-electron chi connectivity index (χ1n) is 5.88. The van der Waals surface area contributed by atoms with Gasteiger partial charge in [-0.05, 0) is 6.07 Å². The van der Waals surface area contributed by atoms with Gasteiger partial charge in [-0.15, -0.1) is 0 Å². The lowest BCUT2D eigenvalue weighted by atomic mass is 10.2. The molecule has 110 valence electrons. The molecule has 0 aliphatic rings. The van der Waals surface area contributed by atoms with Crippen LogP contribution in [-0.4, -0.2) is 19.1 Å². The number of methoxy groups -OCH3 is 2. The Morgan fingerprint density at radius 2 is 1.57 bits per heavy atom. The van der Waals surface area contributed by atoms with Gasteiger partial charge in [0.05, 0.1) is 25.2 Å². The van der Waals surface area contributed by atoms with E-state index < -0.39 is 10.7 Å². The molecule has 2 aromatic carbocycles. The van der Waals surface area contributed by atoms with E-state index >= 15 is 0 Å². The van der Waals surface area contributed by atoms with E-state index in [-0.39, 0.29) is 11.4 Å². The molecule has 0 saturated heterocycles. The highest BCUT2D eigenvalue weighted by Gasteiger charge is 2.13. The third kappa shape index (κ3) is 3.38. The second-order valence-electron chi connectivity index (χ2n) is 4.02. The van der Waals surface area contributed by atoms with E-state index in [1.165, 1.54) is 20.3 Å². The second-order valence-corrected chi connectivity index (χ2v) is 4.02. The van der Waals surface area contributed by atoms with Gasteiger partial charge in [-0.3, -0.25) is 10.1 Å². The Hall–Kier alpha value is -2.83. The van der Waals surface area contributed by atoms with Crippen molar-refractivity contribution in [1.29, 1.82) is 0 Å². The van der Waals surface area contributed by atoms with Gasteiger partial charge in [-0.25, -0.2) is 4.39 Å². The lowest BCUT2D eigenvalue weighted by molar-refractivity contribution is -0.385. The van der Waals surface area contributed by atoms with Gasteiger partial charge in [0.2, 0.25) is 0 Å². The van der Waals surface area contributed by atoms with Crippen LogP contribution in [0.25, 0.3) is 0 Å². The summed E-state index contributed by atoms with van der Waals surface area (Å²) in [6, 6.07) is 7.88. The number of rotatable bonds is 5. The Bertz CT molecular complexity index is 652. The number of nitro benzene ring substituents is 1. The molecule has 0 fully saturated rings. The number of halogens is 1. The zero-order valence-corrected chi connectivity index (χ0v) is 11.3. The Morgan fingerprint density at radius 1 is 1.00 bits per heavy atom. The first kappa shape index (κ1) is 14.6. The van der Waals surface area contributed by atoms with Crippen LogP contribution >= 0.6 is 0 Å². The average molecular weight is 293 g/mol. The lowest BCUT2D eigenvalue weighted by Gasteiger charge is -2.10. The van der Waals surface area contributed by atoms with Gasteiger partial charge in [0.25, 0.3) is 5.69 Å². The quantitative estimate of drug-likeness (QED) is 0.623. The Balaban J connectivity index is 2.31. The van der Waals surface area contributed by atoms with E-state index in [1.807, 2.05) is 0 Å². The van der Waals surface area contributed by atoms with E-state index in [2.05, 4.69) is 0 Å². The maximum Gasteiger partial charge on any atom is 0.272 e. The van der Waals surface area contributed by atoms with Gasteiger partial charge >= 0.3 is 0 Å². The minimum atomic E-state index is -0.828. The molecule has 0 unspecified atom stereocenters. The highest BCUT2D eigenvalue weighted by molar-refractivity contribution is 5.45. The summed E-state index contributed by atoms with van der Waals surface area (Å²) in [6.07, 6.45) is 0. The number of hydrogen-bond donors (Lipinski definition) is 0. The van der Waals surface area contributed by atoms with Gasteiger partial charge in [0, 0.05) is 24.3 Å². The summed E-state index contributed by atoms with van der Waals surface area (Å²) in [5.74, 6) is 0.291. The second kappa shape index (κ2) is 6.08. The van der Waals surface area contributed by atoms with Gasteiger partial charge in [0.1, 0.15) is 17.2 Å². The van der Waals surface area contributed by atoms with Crippen molar-refractivity contribution in [3.05, 3.63) is 52.3 Å². The molecule has 0 amide bonds. The molecule has 2 aromatic rings. The smallest absolute Gasteiger partial charge is 0.272 e. The summed E-state index contributed by atoms with van der Waals surface area (Å²) in [7, 11) is 2.95. The molecule has 0 atom stereocenters. The Kier molecular flexibility index (Phi) is 4.22. The van der Waals surface area contributed by atoms with Crippen LogP contribution in [0, 0.1) is 15.9 Å². The molecule has 6 nitrogen and oxygen atoms in total. The predicted molar refractivity (Wildman–Crippen MR) is 72.7 cm³/mol. The monoisotopic (exact) mass is 293 g/mol. The summed E-state index contributed by atoms with van der Waals surface area (Å²) in [4.78, 5) is 9.88. The minimum absolute atomic E-state index is 0.129. The Labute approximate surface area is 119 Å². The fourth-order valence-corrected chi connectivity index (χ4v) is 1.65. The molecule has 21 heavy (non-hydrogen) atoms. The highest BCUT2D eigenvalue weighted by atomic mass is 19.1. The summed E-state index contributed by atoms with van der Waals surface area (Å²) in [5.41, 5.74) is -0.344.